The number of hydrogen-bond acceptors (Lipinski definition) is 2. The summed E-state index contributed by atoms with van der Waals surface area (Å²) in [6.07, 6.45) is 0. The van der Waals surface area contributed by atoms with E-state index in [-0.39, 0.29) is 0 Å². The molecule has 2 aromatic rings. The average molecular weight is 282 g/mol. The summed E-state index contributed by atoms with van der Waals surface area (Å²) in [5.74, 6) is 2.32. The van der Waals surface area contributed by atoms with Crippen molar-refractivity contribution in [2.24, 2.45) is 0 Å². The first-order valence-electron chi connectivity index (χ1n) is 7.59. The molecule has 0 aliphatic heterocycles. The smallest absolute Gasteiger partial charge is 0.189 e. The molecule has 0 saturated carbocycles. The third-order valence-electron chi connectivity index (χ3n) is 3.57. The van der Waals surface area contributed by atoms with E-state index < -0.39 is 0 Å². The molecule has 0 unspecified atom stereocenters. The van der Waals surface area contributed by atoms with Crippen LogP contribution < -0.4 is 4.74 Å². The van der Waals surface area contributed by atoms with Crippen LogP contribution in [0.4, 0.5) is 0 Å². The number of aryl methyl sites for hydroxylation is 2. The summed E-state index contributed by atoms with van der Waals surface area (Å²) < 4.78 is 13.4. The van der Waals surface area contributed by atoms with Gasteiger partial charge in [-0.05, 0) is 56.2 Å². The van der Waals surface area contributed by atoms with Crippen LogP contribution in [-0.2, 0) is 0 Å². The first kappa shape index (κ1) is 13.7. The summed E-state index contributed by atoms with van der Waals surface area (Å²) in [7, 11) is 1.94. The van der Waals surface area contributed by atoms with Crippen LogP contribution in [0, 0.1) is 19.2 Å². The van der Waals surface area contributed by atoms with Crippen molar-refractivity contribution in [3.63, 3.8) is 0 Å². The predicted molar refractivity (Wildman–Crippen MR) is 87.6 cm³/mol. The molecular formula is C18H22N2O. The van der Waals surface area contributed by atoms with Gasteiger partial charge in [0.15, 0.2) is 1.41 Å². The summed E-state index contributed by atoms with van der Waals surface area (Å²) in [5.41, 5.74) is 3.04. The highest BCUT2D eigenvalue weighted by Crippen LogP contribution is 2.28. The molecule has 3 heteroatoms. The molecule has 0 aliphatic rings. The van der Waals surface area contributed by atoms with Gasteiger partial charge in [-0.2, -0.15) is 0 Å². The molecular weight excluding hydrogens is 260 g/mol. The molecule has 0 amide bonds. The Morgan fingerprint density at radius 3 is 2.52 bits per heavy atom. The van der Waals surface area contributed by atoms with Gasteiger partial charge in [0.2, 0.25) is 0 Å². The van der Waals surface area contributed by atoms with Crippen molar-refractivity contribution < 1.29 is 6.15 Å². The van der Waals surface area contributed by atoms with Crippen molar-refractivity contribution in [1.82, 2.24) is 4.90 Å². The molecule has 3 nitrogen and oxygen atoms in total. The van der Waals surface area contributed by atoms with Crippen LogP contribution in [0.5, 0.6) is 11.5 Å². The van der Waals surface area contributed by atoms with E-state index in [0.717, 1.165) is 34.7 Å². The second kappa shape index (κ2) is 6.44. The zero-order valence-corrected chi connectivity index (χ0v) is 13.1. The fraction of sp³-hybridized carbons (Fsp3) is 0.278. The van der Waals surface area contributed by atoms with E-state index in [1.807, 2.05) is 75.2 Å². The van der Waals surface area contributed by atoms with Crippen molar-refractivity contribution in [3.8, 4) is 11.5 Å². The van der Waals surface area contributed by atoms with E-state index in [4.69, 9.17) is 6.15 Å². The number of benzene rings is 2. The lowest BCUT2D eigenvalue weighted by molar-refractivity contribution is 0.478. The lowest BCUT2D eigenvalue weighted by Gasteiger charge is -2.20. The van der Waals surface area contributed by atoms with E-state index >= 15 is 0 Å². The maximum atomic E-state index is 7.45. The van der Waals surface area contributed by atoms with Crippen molar-refractivity contribution in [2.75, 3.05) is 13.6 Å². The van der Waals surface area contributed by atoms with Gasteiger partial charge in [0.1, 0.15) is 17.3 Å². The highest BCUT2D eigenvalue weighted by molar-refractivity contribution is 5.98. The third-order valence-corrected chi connectivity index (χ3v) is 3.57. The van der Waals surface area contributed by atoms with Crippen LogP contribution in [0.25, 0.3) is 0 Å². The minimum Gasteiger partial charge on any atom is -0.457 e. The number of rotatable bonds is 4. The summed E-state index contributed by atoms with van der Waals surface area (Å²) in [4.78, 5) is 1.96. The predicted octanol–water partition coefficient (Wildman–Crippen LogP) is 4.37. The van der Waals surface area contributed by atoms with Crippen molar-refractivity contribution in [1.29, 1.82) is 5.40 Å². The fourth-order valence-electron chi connectivity index (χ4n) is 2.11. The van der Waals surface area contributed by atoms with Crippen LogP contribution in [0.3, 0.4) is 0 Å². The zero-order chi connectivity index (χ0) is 16.1. The first-order valence-corrected chi connectivity index (χ1v) is 7.14. The standard InChI is InChI=1S/C18H22N2O/c1-5-20(4)18(19)16-11-14(3)17(12-13(16)2)21-15-9-7-6-8-10-15/h6-12,19H,5H2,1-4H3/b19-18-. The quantitative estimate of drug-likeness (QED) is 0.667. The topological polar surface area (TPSA) is 36.3 Å². The monoisotopic (exact) mass is 282 g/mol. The summed E-state index contributed by atoms with van der Waals surface area (Å²) in [6.45, 7) is 6.87. The second-order valence-electron chi connectivity index (χ2n) is 5.19. The fourth-order valence-corrected chi connectivity index (χ4v) is 2.11. The van der Waals surface area contributed by atoms with Gasteiger partial charge in [0.25, 0.3) is 0 Å². The maximum Gasteiger partial charge on any atom is 0.189 e. The van der Waals surface area contributed by atoms with Gasteiger partial charge < -0.3 is 9.64 Å². The molecule has 0 aliphatic carbocycles. The van der Waals surface area contributed by atoms with Crippen molar-refractivity contribution >= 4 is 5.84 Å². The Labute approximate surface area is 128 Å². The molecule has 0 heterocycles. The number of hydrogen-bond donors (Lipinski definition) is 1. The molecule has 0 fully saturated rings. The zero-order valence-electron chi connectivity index (χ0n) is 14.1. The van der Waals surface area contributed by atoms with E-state index in [0.29, 0.717) is 5.84 Å². The van der Waals surface area contributed by atoms with Crippen molar-refractivity contribution in [2.45, 2.75) is 20.8 Å². The van der Waals surface area contributed by atoms with E-state index in [9.17, 15) is 0 Å². The van der Waals surface area contributed by atoms with E-state index in [1.165, 1.54) is 0 Å². The molecule has 110 valence electrons. The van der Waals surface area contributed by atoms with Crippen LogP contribution in [0.15, 0.2) is 42.5 Å². The number of ether oxygens (including phenoxy) is 1. The van der Waals surface area contributed by atoms with Crippen LogP contribution in [0.1, 0.15) is 23.6 Å². The molecule has 0 aromatic heterocycles. The van der Waals surface area contributed by atoms with Gasteiger partial charge in [0, 0.05) is 19.2 Å². The highest BCUT2D eigenvalue weighted by atomic mass is 16.5. The molecule has 2 aromatic carbocycles. The molecule has 1 N–H and O–H groups in total. The van der Waals surface area contributed by atoms with Gasteiger partial charge >= 0.3 is 0 Å². The Hall–Kier alpha value is -2.29. The van der Waals surface area contributed by atoms with Crippen LogP contribution in [-0.4, -0.2) is 24.3 Å². The minimum absolute atomic E-state index is 0.675. The highest BCUT2D eigenvalue weighted by Gasteiger charge is 2.12. The lowest BCUT2D eigenvalue weighted by atomic mass is 10.0. The minimum atomic E-state index is 0.675. The first-order chi connectivity index (χ1) is 10.6. The van der Waals surface area contributed by atoms with E-state index in [2.05, 4.69) is 5.40 Å². The van der Waals surface area contributed by atoms with Gasteiger partial charge in [-0.25, -0.2) is 0 Å². The Balaban J connectivity index is 2.36. The molecule has 0 saturated heterocycles. The van der Waals surface area contributed by atoms with Gasteiger partial charge in [-0.3, -0.25) is 5.40 Å². The second-order valence-corrected chi connectivity index (χ2v) is 5.19. The third kappa shape index (κ3) is 3.43. The summed E-state index contributed by atoms with van der Waals surface area (Å²) in [6, 6.07) is 13.8. The van der Waals surface area contributed by atoms with E-state index in [1.54, 1.807) is 0 Å². The largest absolute Gasteiger partial charge is 0.457 e. The average Bonchev–Trinajstić information content (AvgIpc) is 2.53. The Kier molecular flexibility index (Phi) is 4.20. The lowest BCUT2D eigenvalue weighted by Crippen LogP contribution is -2.27. The summed E-state index contributed by atoms with van der Waals surface area (Å²) >= 11 is 0. The van der Waals surface area contributed by atoms with Gasteiger partial charge in [0.05, 0.1) is 0 Å². The van der Waals surface area contributed by atoms with Crippen LogP contribution >= 0.6 is 0 Å². The number of amidine groups is 1. The van der Waals surface area contributed by atoms with Gasteiger partial charge in [-0.15, -0.1) is 0 Å². The number of para-hydroxylation sites is 1. The molecule has 21 heavy (non-hydrogen) atoms. The molecule has 0 bridgehead atoms. The molecule has 0 spiro atoms. The van der Waals surface area contributed by atoms with Gasteiger partial charge in [-0.1, -0.05) is 18.2 Å². The van der Waals surface area contributed by atoms with Crippen LogP contribution in [0.2, 0.25) is 1.41 Å². The molecule has 0 radical (unpaired) electrons. The Morgan fingerprint density at radius 1 is 1.19 bits per heavy atom. The molecule has 2 rings (SSSR count). The number of nitrogens with zero attached hydrogens (tertiary/aromatic N) is 1. The van der Waals surface area contributed by atoms with Crippen molar-refractivity contribution in [3.05, 3.63) is 59.2 Å². The Bertz CT molecular complexity index is 668. The molecule has 0 atom stereocenters. The Morgan fingerprint density at radius 2 is 1.90 bits per heavy atom. The SMILES string of the molecule is [H]/N=C(/c1cc(C)c(Oc2ccccc2)cc1C)N(C)CC. The normalized spacial score (nSPS) is 12.0. The maximum absolute atomic E-state index is 7.45. The summed E-state index contributed by atoms with van der Waals surface area (Å²) in [5, 5.41) is 3.70. The number of nitrogens with one attached hydrogen (secondary N) is 1.